The van der Waals surface area contributed by atoms with Crippen LogP contribution in [0.2, 0.25) is 0 Å². The van der Waals surface area contributed by atoms with Gasteiger partial charge in [-0.05, 0) is 44.9 Å². The number of imidazole rings is 1. The molecule has 0 atom stereocenters. The number of benzene rings is 1. The van der Waals surface area contributed by atoms with Crippen LogP contribution in [-0.4, -0.2) is 9.38 Å². The standard InChI is InChI=1S/C21H21FN4S/c1-12-7-4-5-9-15(22)17(12)19-20(26-14(3)11-27-21(26)25-19)24-18-13(2)8-6-10-16(18)23/h4-6,8-11,24H,7,23H2,1-3H3. The summed E-state index contributed by atoms with van der Waals surface area (Å²) < 4.78 is 16.9. The molecule has 0 radical (unpaired) electrons. The number of rotatable bonds is 3. The van der Waals surface area contributed by atoms with Gasteiger partial charge in [0.15, 0.2) is 4.96 Å². The lowest BCUT2D eigenvalue weighted by Crippen LogP contribution is -2.04. The maximum atomic E-state index is 14.9. The monoisotopic (exact) mass is 380 g/mol. The lowest BCUT2D eigenvalue weighted by Gasteiger charge is -2.15. The molecule has 4 nitrogen and oxygen atoms in total. The number of hydrogen-bond donors (Lipinski definition) is 2. The number of fused-ring (bicyclic) bond motifs is 1. The van der Waals surface area contributed by atoms with Crippen molar-refractivity contribution in [1.82, 2.24) is 9.38 Å². The van der Waals surface area contributed by atoms with E-state index in [0.29, 0.717) is 23.4 Å². The van der Waals surface area contributed by atoms with E-state index in [4.69, 9.17) is 10.7 Å². The second-order valence-electron chi connectivity index (χ2n) is 6.77. The second kappa shape index (κ2) is 6.70. The van der Waals surface area contributed by atoms with Crippen molar-refractivity contribution in [3.05, 3.63) is 70.2 Å². The van der Waals surface area contributed by atoms with Gasteiger partial charge < -0.3 is 11.1 Å². The normalized spacial score (nSPS) is 14.6. The highest BCUT2D eigenvalue weighted by atomic mass is 32.1. The van der Waals surface area contributed by atoms with Crippen LogP contribution in [0.5, 0.6) is 0 Å². The molecular formula is C21H21FN4S. The molecule has 3 N–H and O–H groups in total. The summed E-state index contributed by atoms with van der Waals surface area (Å²) in [7, 11) is 0. The van der Waals surface area contributed by atoms with Crippen LogP contribution < -0.4 is 11.1 Å². The van der Waals surface area contributed by atoms with Crippen molar-refractivity contribution < 1.29 is 4.39 Å². The molecule has 1 aliphatic carbocycles. The van der Waals surface area contributed by atoms with Crippen molar-refractivity contribution in [2.24, 2.45) is 0 Å². The van der Waals surface area contributed by atoms with Crippen LogP contribution in [0.4, 0.5) is 21.6 Å². The van der Waals surface area contributed by atoms with Crippen molar-refractivity contribution in [3.8, 4) is 0 Å². The predicted octanol–water partition coefficient (Wildman–Crippen LogP) is 5.93. The van der Waals surface area contributed by atoms with E-state index < -0.39 is 0 Å². The topological polar surface area (TPSA) is 55.3 Å². The first-order valence-electron chi connectivity index (χ1n) is 8.79. The van der Waals surface area contributed by atoms with Crippen LogP contribution in [0.1, 0.15) is 30.3 Å². The Balaban J connectivity index is 1.97. The van der Waals surface area contributed by atoms with E-state index >= 15 is 0 Å². The molecule has 1 aliphatic rings. The number of nitrogen functional groups attached to an aromatic ring is 1. The lowest BCUT2D eigenvalue weighted by atomic mass is 10.0. The number of aromatic nitrogens is 2. The molecule has 2 heterocycles. The zero-order valence-electron chi connectivity index (χ0n) is 15.5. The average molecular weight is 380 g/mol. The largest absolute Gasteiger partial charge is 0.397 e. The van der Waals surface area contributed by atoms with Crippen LogP contribution in [0.25, 0.3) is 10.5 Å². The minimum atomic E-state index is -0.273. The van der Waals surface area contributed by atoms with Crippen LogP contribution in [0.3, 0.4) is 0 Å². The van der Waals surface area contributed by atoms with E-state index in [1.807, 2.05) is 54.8 Å². The fourth-order valence-corrected chi connectivity index (χ4v) is 4.23. The van der Waals surface area contributed by atoms with Gasteiger partial charge in [0.05, 0.1) is 11.4 Å². The molecule has 0 fully saturated rings. The molecule has 0 saturated carbocycles. The molecule has 138 valence electrons. The van der Waals surface area contributed by atoms with Crippen molar-refractivity contribution >= 4 is 39.1 Å². The molecular weight excluding hydrogens is 359 g/mol. The van der Waals surface area contributed by atoms with Crippen molar-refractivity contribution in [2.45, 2.75) is 27.2 Å². The van der Waals surface area contributed by atoms with E-state index in [0.717, 1.165) is 33.3 Å². The molecule has 0 unspecified atom stereocenters. The lowest BCUT2D eigenvalue weighted by molar-refractivity contribution is 0.672. The Bertz CT molecular complexity index is 1110. The quantitative estimate of drug-likeness (QED) is 0.554. The van der Waals surface area contributed by atoms with Gasteiger partial charge in [0.25, 0.3) is 0 Å². The Morgan fingerprint density at radius 2 is 2.07 bits per heavy atom. The average Bonchev–Trinajstić information content (AvgIpc) is 3.10. The third kappa shape index (κ3) is 2.96. The number of halogens is 1. The van der Waals surface area contributed by atoms with Crippen LogP contribution in [-0.2, 0) is 0 Å². The number of aryl methyl sites for hydroxylation is 2. The maximum absolute atomic E-state index is 14.9. The highest BCUT2D eigenvalue weighted by molar-refractivity contribution is 7.15. The summed E-state index contributed by atoms with van der Waals surface area (Å²) in [4.78, 5) is 5.59. The summed E-state index contributed by atoms with van der Waals surface area (Å²) in [6.45, 7) is 5.96. The molecule has 0 saturated heterocycles. The highest BCUT2D eigenvalue weighted by Gasteiger charge is 2.24. The Kier molecular flexibility index (Phi) is 4.36. The Morgan fingerprint density at radius 3 is 2.85 bits per heavy atom. The van der Waals surface area contributed by atoms with Gasteiger partial charge in [0.2, 0.25) is 0 Å². The van der Waals surface area contributed by atoms with Crippen LogP contribution >= 0.6 is 11.3 Å². The van der Waals surface area contributed by atoms with Crippen molar-refractivity contribution in [2.75, 3.05) is 11.1 Å². The van der Waals surface area contributed by atoms with Gasteiger partial charge in [0.1, 0.15) is 17.3 Å². The number of nitrogens with two attached hydrogens (primary N) is 1. The third-order valence-corrected chi connectivity index (χ3v) is 5.73. The minimum Gasteiger partial charge on any atom is -0.397 e. The first kappa shape index (κ1) is 17.5. The number of nitrogens with zero attached hydrogens (tertiary/aromatic N) is 2. The van der Waals surface area contributed by atoms with E-state index in [2.05, 4.69) is 5.32 Å². The minimum absolute atomic E-state index is 0.273. The number of hydrogen-bond acceptors (Lipinski definition) is 4. The summed E-state index contributed by atoms with van der Waals surface area (Å²) in [5, 5.41) is 5.49. The molecule has 3 aromatic rings. The zero-order valence-corrected chi connectivity index (χ0v) is 16.3. The second-order valence-corrected chi connectivity index (χ2v) is 7.61. The van der Waals surface area contributed by atoms with Crippen molar-refractivity contribution in [1.29, 1.82) is 0 Å². The molecule has 1 aromatic carbocycles. The third-order valence-electron chi connectivity index (χ3n) is 4.79. The first-order valence-corrected chi connectivity index (χ1v) is 9.67. The van der Waals surface area contributed by atoms with Gasteiger partial charge >= 0.3 is 0 Å². The van der Waals surface area contributed by atoms with Gasteiger partial charge in [-0.15, -0.1) is 11.3 Å². The number of para-hydroxylation sites is 1. The van der Waals surface area contributed by atoms with E-state index in [9.17, 15) is 4.39 Å². The molecule has 4 rings (SSSR count). The molecule has 27 heavy (non-hydrogen) atoms. The molecule has 0 spiro atoms. The van der Waals surface area contributed by atoms with Gasteiger partial charge in [-0.1, -0.05) is 29.9 Å². The summed E-state index contributed by atoms with van der Waals surface area (Å²) in [5.74, 6) is 0.468. The summed E-state index contributed by atoms with van der Waals surface area (Å²) >= 11 is 1.54. The van der Waals surface area contributed by atoms with Gasteiger partial charge in [0, 0.05) is 16.6 Å². The van der Waals surface area contributed by atoms with Gasteiger partial charge in [-0.2, -0.15) is 0 Å². The fraction of sp³-hybridized carbons (Fsp3) is 0.190. The molecule has 0 amide bonds. The van der Waals surface area contributed by atoms with Crippen molar-refractivity contribution in [3.63, 3.8) is 0 Å². The Labute approximate surface area is 161 Å². The SMILES string of the molecule is CC1=C(c2nc3scc(C)n3c2Nc2c(C)cccc2N)C(F)=CC=CC1. The predicted molar refractivity (Wildman–Crippen MR) is 112 cm³/mol. The summed E-state index contributed by atoms with van der Waals surface area (Å²) in [6, 6.07) is 5.77. The molecule has 0 bridgehead atoms. The molecule has 6 heteroatoms. The smallest absolute Gasteiger partial charge is 0.196 e. The number of nitrogens with one attached hydrogen (secondary N) is 1. The number of allylic oxidation sites excluding steroid dienone is 6. The molecule has 2 aromatic heterocycles. The summed E-state index contributed by atoms with van der Waals surface area (Å²) in [5.41, 5.74) is 11.8. The van der Waals surface area contributed by atoms with Gasteiger partial charge in [-0.25, -0.2) is 9.37 Å². The highest BCUT2D eigenvalue weighted by Crippen LogP contribution is 2.39. The number of anilines is 3. The maximum Gasteiger partial charge on any atom is 0.196 e. The van der Waals surface area contributed by atoms with Gasteiger partial charge in [-0.3, -0.25) is 4.40 Å². The van der Waals surface area contributed by atoms with E-state index in [-0.39, 0.29) is 5.83 Å². The number of thiazole rings is 1. The van der Waals surface area contributed by atoms with E-state index in [1.165, 1.54) is 6.08 Å². The molecule has 0 aliphatic heterocycles. The summed E-state index contributed by atoms with van der Waals surface area (Å²) in [6.07, 6.45) is 5.90. The fourth-order valence-electron chi connectivity index (χ4n) is 3.37. The zero-order chi connectivity index (χ0) is 19.1. The van der Waals surface area contributed by atoms with Crippen LogP contribution in [0.15, 0.2) is 53.2 Å². The van der Waals surface area contributed by atoms with E-state index in [1.54, 1.807) is 17.4 Å². The first-order chi connectivity index (χ1) is 13.0. The van der Waals surface area contributed by atoms with Crippen LogP contribution in [0, 0.1) is 13.8 Å². The Hall–Kier alpha value is -2.86. The Morgan fingerprint density at radius 1 is 1.26 bits per heavy atom.